The molecule has 2 aromatic rings. The Bertz CT molecular complexity index is 661. The van der Waals surface area contributed by atoms with Crippen molar-refractivity contribution in [3.05, 3.63) is 35.7 Å². The number of carbonyl (C=O) groups is 1. The Labute approximate surface area is 140 Å². The van der Waals surface area contributed by atoms with Crippen LogP contribution in [0.2, 0.25) is 0 Å². The van der Waals surface area contributed by atoms with Crippen molar-refractivity contribution in [1.82, 2.24) is 14.3 Å². The number of hydrogen-bond donors (Lipinski definition) is 1. The fourth-order valence-electron chi connectivity index (χ4n) is 1.89. The summed E-state index contributed by atoms with van der Waals surface area (Å²) in [6.07, 6.45) is -0.351. The van der Waals surface area contributed by atoms with Crippen molar-refractivity contribution < 1.29 is 9.53 Å². The van der Waals surface area contributed by atoms with Gasteiger partial charge in [0.15, 0.2) is 0 Å². The van der Waals surface area contributed by atoms with Crippen molar-refractivity contribution in [2.75, 3.05) is 19.5 Å². The number of nitrogens with one attached hydrogen (secondary N) is 1. The maximum Gasteiger partial charge on any atom is 0.409 e. The van der Waals surface area contributed by atoms with Gasteiger partial charge in [-0.3, -0.25) is 0 Å². The van der Waals surface area contributed by atoms with Gasteiger partial charge < -0.3 is 15.0 Å². The first-order chi connectivity index (χ1) is 10.8. The summed E-state index contributed by atoms with van der Waals surface area (Å²) in [5, 5.41) is 4.02. The summed E-state index contributed by atoms with van der Waals surface area (Å²) in [5.74, 6) is 0.835. The van der Waals surface area contributed by atoms with E-state index in [1.807, 2.05) is 24.3 Å². The van der Waals surface area contributed by atoms with Gasteiger partial charge in [0.1, 0.15) is 5.82 Å². The summed E-state index contributed by atoms with van der Waals surface area (Å²) in [5.41, 5.74) is 1.90. The predicted octanol–water partition coefficient (Wildman–Crippen LogP) is 3.78. The number of nitrogens with zero attached hydrogens (tertiary/aromatic N) is 3. The number of carbonyl (C=O) groups excluding carboxylic acids is 1. The van der Waals surface area contributed by atoms with Crippen LogP contribution in [0.3, 0.4) is 0 Å². The molecule has 2 rings (SSSR count). The largest absolute Gasteiger partial charge is 0.453 e. The van der Waals surface area contributed by atoms with Gasteiger partial charge in [-0.25, -0.2) is 9.78 Å². The van der Waals surface area contributed by atoms with Gasteiger partial charge in [-0.2, -0.15) is 4.37 Å². The van der Waals surface area contributed by atoms with Gasteiger partial charge in [-0.15, -0.1) is 0 Å². The summed E-state index contributed by atoms with van der Waals surface area (Å²) >= 11 is 1.35. The van der Waals surface area contributed by atoms with E-state index >= 15 is 0 Å². The van der Waals surface area contributed by atoms with Crippen LogP contribution in [0.5, 0.6) is 0 Å². The number of benzene rings is 1. The normalized spacial score (nSPS) is 11.2. The molecule has 0 aliphatic heterocycles. The van der Waals surface area contributed by atoms with Crippen molar-refractivity contribution in [1.29, 1.82) is 0 Å². The topological polar surface area (TPSA) is 67.3 Å². The Morgan fingerprint density at radius 3 is 2.48 bits per heavy atom. The fraction of sp³-hybridized carbons (Fsp3) is 0.438. The molecule has 0 unspecified atom stereocenters. The molecule has 124 valence electrons. The van der Waals surface area contributed by atoms with Crippen LogP contribution >= 0.6 is 11.5 Å². The van der Waals surface area contributed by atoms with E-state index < -0.39 is 0 Å². The van der Waals surface area contributed by atoms with Crippen molar-refractivity contribution in [2.24, 2.45) is 0 Å². The molecule has 0 bridgehead atoms. The van der Waals surface area contributed by atoms with E-state index in [9.17, 15) is 4.79 Å². The Morgan fingerprint density at radius 2 is 1.96 bits per heavy atom. The van der Waals surface area contributed by atoms with Gasteiger partial charge >= 0.3 is 6.09 Å². The quantitative estimate of drug-likeness (QED) is 0.921. The van der Waals surface area contributed by atoms with Gasteiger partial charge in [0, 0.05) is 36.2 Å². The Morgan fingerprint density at radius 1 is 1.30 bits per heavy atom. The predicted molar refractivity (Wildman–Crippen MR) is 92.2 cm³/mol. The first kappa shape index (κ1) is 17.2. The molecule has 0 saturated carbocycles. The SMILES string of the molecule is COC(=O)N(C)Cc1ccc(Nc2nc(C(C)(C)C)ns2)cc1. The highest BCUT2D eigenvalue weighted by Gasteiger charge is 2.19. The van der Waals surface area contributed by atoms with E-state index in [0.717, 1.165) is 22.2 Å². The molecule has 1 N–H and O–H groups in total. The zero-order chi connectivity index (χ0) is 17.0. The molecule has 0 fully saturated rings. The van der Waals surface area contributed by atoms with E-state index in [1.54, 1.807) is 7.05 Å². The highest BCUT2D eigenvalue weighted by molar-refractivity contribution is 7.09. The molecule has 1 amide bonds. The zero-order valence-corrected chi connectivity index (χ0v) is 14.9. The maximum absolute atomic E-state index is 11.4. The highest BCUT2D eigenvalue weighted by atomic mass is 32.1. The average molecular weight is 334 g/mol. The summed E-state index contributed by atoms with van der Waals surface area (Å²) in [4.78, 5) is 17.4. The number of aromatic nitrogens is 2. The summed E-state index contributed by atoms with van der Waals surface area (Å²) in [7, 11) is 3.08. The van der Waals surface area contributed by atoms with Crippen LogP contribution in [-0.4, -0.2) is 34.5 Å². The van der Waals surface area contributed by atoms with E-state index in [4.69, 9.17) is 0 Å². The minimum absolute atomic E-state index is 0.0568. The molecule has 1 heterocycles. The van der Waals surface area contributed by atoms with Gasteiger partial charge in [0.2, 0.25) is 5.13 Å². The number of ether oxygens (including phenoxy) is 1. The molecule has 0 spiro atoms. The first-order valence-electron chi connectivity index (χ1n) is 7.29. The zero-order valence-electron chi connectivity index (χ0n) is 14.1. The third kappa shape index (κ3) is 4.66. The summed E-state index contributed by atoms with van der Waals surface area (Å²) in [6, 6.07) is 7.85. The number of rotatable bonds is 4. The second kappa shape index (κ2) is 6.95. The molecule has 0 aliphatic carbocycles. The minimum atomic E-state index is -0.351. The maximum atomic E-state index is 11.4. The van der Waals surface area contributed by atoms with Crippen molar-refractivity contribution in [2.45, 2.75) is 32.7 Å². The van der Waals surface area contributed by atoms with E-state index in [2.05, 4.69) is 40.2 Å². The molecule has 1 aromatic heterocycles. The number of hydrogen-bond acceptors (Lipinski definition) is 6. The number of amides is 1. The molecule has 0 atom stereocenters. The molecular weight excluding hydrogens is 312 g/mol. The van der Waals surface area contributed by atoms with Crippen LogP contribution in [0.15, 0.2) is 24.3 Å². The van der Waals surface area contributed by atoms with E-state index in [0.29, 0.717) is 6.54 Å². The second-order valence-electron chi connectivity index (χ2n) is 6.32. The summed E-state index contributed by atoms with van der Waals surface area (Å²) in [6.45, 7) is 6.77. The summed E-state index contributed by atoms with van der Waals surface area (Å²) < 4.78 is 9.06. The third-order valence-electron chi connectivity index (χ3n) is 3.21. The fourth-order valence-corrected chi connectivity index (χ4v) is 2.67. The van der Waals surface area contributed by atoms with Crippen LogP contribution in [-0.2, 0) is 16.7 Å². The number of anilines is 2. The van der Waals surface area contributed by atoms with Crippen LogP contribution in [0.1, 0.15) is 32.2 Å². The van der Waals surface area contributed by atoms with Crippen LogP contribution in [0, 0.1) is 0 Å². The molecular formula is C16H22N4O2S. The molecule has 0 aliphatic rings. The lowest BCUT2D eigenvalue weighted by atomic mass is 9.96. The first-order valence-corrected chi connectivity index (χ1v) is 8.06. The van der Waals surface area contributed by atoms with Gasteiger partial charge in [-0.05, 0) is 17.7 Å². The molecule has 0 saturated heterocycles. The Kier molecular flexibility index (Phi) is 5.20. The lowest BCUT2D eigenvalue weighted by Crippen LogP contribution is -2.25. The van der Waals surface area contributed by atoms with Crippen LogP contribution < -0.4 is 5.32 Å². The molecule has 6 nitrogen and oxygen atoms in total. The smallest absolute Gasteiger partial charge is 0.409 e. The molecule has 7 heteroatoms. The Balaban J connectivity index is 2.00. The minimum Gasteiger partial charge on any atom is -0.453 e. The van der Waals surface area contributed by atoms with Gasteiger partial charge in [0.25, 0.3) is 0 Å². The van der Waals surface area contributed by atoms with Crippen molar-refractivity contribution in [3.8, 4) is 0 Å². The number of methoxy groups -OCH3 is 1. The highest BCUT2D eigenvalue weighted by Crippen LogP contribution is 2.25. The third-order valence-corrected chi connectivity index (χ3v) is 3.84. The molecule has 23 heavy (non-hydrogen) atoms. The average Bonchev–Trinajstić information content (AvgIpc) is 2.97. The standard InChI is InChI=1S/C16H22N4O2S/c1-16(2,3)13-18-14(23-19-13)17-12-8-6-11(7-9-12)10-20(4)15(21)22-5/h6-9H,10H2,1-5H3,(H,17,18,19). The second-order valence-corrected chi connectivity index (χ2v) is 7.07. The van der Waals surface area contributed by atoms with Gasteiger partial charge in [0.05, 0.1) is 7.11 Å². The van der Waals surface area contributed by atoms with Crippen molar-refractivity contribution >= 4 is 28.4 Å². The molecule has 1 aromatic carbocycles. The van der Waals surface area contributed by atoms with Crippen LogP contribution in [0.4, 0.5) is 15.6 Å². The van der Waals surface area contributed by atoms with Gasteiger partial charge in [-0.1, -0.05) is 32.9 Å². The lowest BCUT2D eigenvalue weighted by Gasteiger charge is -2.15. The van der Waals surface area contributed by atoms with Crippen LogP contribution in [0.25, 0.3) is 0 Å². The van der Waals surface area contributed by atoms with Crippen molar-refractivity contribution in [3.63, 3.8) is 0 Å². The van der Waals surface area contributed by atoms with E-state index in [-0.39, 0.29) is 11.5 Å². The monoisotopic (exact) mass is 334 g/mol. The lowest BCUT2D eigenvalue weighted by molar-refractivity contribution is 0.131. The van der Waals surface area contributed by atoms with E-state index in [1.165, 1.54) is 23.5 Å². The Hall–Kier alpha value is -2.15. The molecule has 0 radical (unpaired) electrons.